The van der Waals surface area contributed by atoms with Crippen LogP contribution in [0, 0.1) is 13.8 Å². The van der Waals surface area contributed by atoms with Gasteiger partial charge in [-0.25, -0.2) is 0 Å². The maximum absolute atomic E-state index is 14.4. The summed E-state index contributed by atoms with van der Waals surface area (Å²) >= 11 is 6.01. The number of fused-ring (bicyclic) bond motifs is 11. The van der Waals surface area contributed by atoms with E-state index in [1.165, 1.54) is 228 Å². The van der Waals surface area contributed by atoms with Crippen LogP contribution in [0.3, 0.4) is 0 Å². The van der Waals surface area contributed by atoms with Crippen molar-refractivity contribution in [1.82, 2.24) is 27.3 Å². The number of aromatic nitrogens is 4. The second-order valence-electron chi connectivity index (χ2n) is 24.8. The van der Waals surface area contributed by atoms with Crippen molar-refractivity contribution in [2.45, 2.75) is 232 Å². The first-order valence-electron chi connectivity index (χ1n) is 32.0. The molecule has 2 aliphatic heterocycles. The maximum atomic E-state index is 14.4. The van der Waals surface area contributed by atoms with E-state index in [0.717, 1.165) is 72.8 Å². The number of hydrogen-bond donors (Lipinski definition) is 0. The van der Waals surface area contributed by atoms with Crippen molar-refractivity contribution >= 4 is 91.4 Å². The molecule has 7 aromatic rings. The molecule has 434 valence electrons. The average molecular weight is 1170 g/mol. The molecule has 0 spiro atoms. The second-order valence-corrected chi connectivity index (χ2v) is 28.2. The Bertz CT molecular complexity index is 3500. The third kappa shape index (κ3) is 10.6. The molecular weight excluding hydrogens is 1090 g/mol. The van der Waals surface area contributed by atoms with Crippen molar-refractivity contribution in [3.63, 3.8) is 0 Å². The summed E-state index contributed by atoms with van der Waals surface area (Å²) < 4.78 is 20.9. The van der Waals surface area contributed by atoms with Gasteiger partial charge in [0, 0.05) is 51.4 Å². The average Bonchev–Trinajstić information content (AvgIpc) is 1.67. The SMILES string of the molecule is CCCCCCCCC1(CCCCCCCC)c2cc3c(cc2-c2c1cc(C)c1nsnc21)C(CCCCCCCC)(CCCCCCCC)c1cc(-c2ccc(C4=C5C(=O)N(C)C(c6ccc(C)s6)=C5C(=O)N4C)s2)c2nsnc2c1-3. The number of amides is 2. The van der Waals surface area contributed by atoms with Crippen LogP contribution in [0.2, 0.25) is 0 Å². The van der Waals surface area contributed by atoms with Gasteiger partial charge < -0.3 is 9.80 Å². The predicted molar refractivity (Wildman–Crippen MR) is 349 cm³/mol. The summed E-state index contributed by atoms with van der Waals surface area (Å²) in [6.45, 7) is 13.6. The lowest BCUT2D eigenvalue weighted by molar-refractivity contribution is -0.123. The van der Waals surface area contributed by atoms with Crippen LogP contribution in [0.1, 0.15) is 250 Å². The molecule has 0 N–H and O–H groups in total. The van der Waals surface area contributed by atoms with Gasteiger partial charge in [-0.2, -0.15) is 17.5 Å². The number of thiophene rings is 2. The van der Waals surface area contributed by atoms with E-state index < -0.39 is 0 Å². The molecule has 0 radical (unpaired) electrons. The highest BCUT2D eigenvalue weighted by Crippen LogP contribution is 2.64. The minimum absolute atomic E-state index is 0.131. The lowest BCUT2D eigenvalue weighted by Gasteiger charge is -2.35. The third-order valence-corrected chi connectivity index (χ3v) is 22.6. The monoisotopic (exact) mass is 1170 g/mol. The number of rotatable bonds is 31. The molecule has 11 rings (SSSR count). The van der Waals surface area contributed by atoms with E-state index in [-0.39, 0.29) is 22.6 Å². The first kappa shape index (κ1) is 58.9. The van der Waals surface area contributed by atoms with Gasteiger partial charge in [-0.05, 0) is 121 Å². The normalized spacial score (nSPS) is 15.8. The molecule has 0 saturated carbocycles. The van der Waals surface area contributed by atoms with E-state index in [1.807, 2.05) is 20.2 Å². The molecule has 0 unspecified atom stereocenters. The topological polar surface area (TPSA) is 92.2 Å². The van der Waals surface area contributed by atoms with Gasteiger partial charge in [0.15, 0.2) is 0 Å². The Morgan fingerprint density at radius 3 is 1.22 bits per heavy atom. The van der Waals surface area contributed by atoms with Gasteiger partial charge in [-0.15, -0.1) is 22.7 Å². The van der Waals surface area contributed by atoms with Gasteiger partial charge in [0.2, 0.25) is 0 Å². The molecule has 0 atom stereocenters. The number of nitrogens with zero attached hydrogens (tertiary/aromatic N) is 6. The zero-order valence-electron chi connectivity index (χ0n) is 50.6. The molecule has 82 heavy (non-hydrogen) atoms. The minimum atomic E-state index is -0.240. The van der Waals surface area contributed by atoms with E-state index in [0.29, 0.717) is 22.5 Å². The summed E-state index contributed by atoms with van der Waals surface area (Å²) in [7, 11) is 3.64. The van der Waals surface area contributed by atoms with Gasteiger partial charge in [-0.1, -0.05) is 188 Å². The van der Waals surface area contributed by atoms with Crippen LogP contribution in [0.15, 0.2) is 59.7 Å². The second kappa shape index (κ2) is 25.8. The Labute approximate surface area is 506 Å². The van der Waals surface area contributed by atoms with Gasteiger partial charge in [0.1, 0.15) is 22.1 Å². The van der Waals surface area contributed by atoms with Crippen molar-refractivity contribution in [3.8, 4) is 32.7 Å². The van der Waals surface area contributed by atoms with Crippen LogP contribution in [0.5, 0.6) is 0 Å². The summed E-state index contributed by atoms with van der Waals surface area (Å²) in [5, 5.41) is 0. The van der Waals surface area contributed by atoms with Gasteiger partial charge in [-0.3, -0.25) is 9.59 Å². The summed E-state index contributed by atoms with van der Waals surface area (Å²) in [6, 6.07) is 19.0. The van der Waals surface area contributed by atoms with Crippen LogP contribution in [-0.4, -0.2) is 53.2 Å². The van der Waals surface area contributed by atoms with E-state index in [1.54, 1.807) is 32.5 Å². The summed E-state index contributed by atoms with van der Waals surface area (Å²) in [5.74, 6) is -0.262. The Kier molecular flexibility index (Phi) is 18.5. The highest BCUT2D eigenvalue weighted by molar-refractivity contribution is 7.16. The Morgan fingerprint density at radius 1 is 0.402 bits per heavy atom. The third-order valence-electron chi connectivity index (χ3n) is 19.4. The molecule has 2 aliphatic carbocycles. The molecule has 0 bridgehead atoms. The minimum Gasteiger partial charge on any atom is -0.309 e. The predicted octanol–water partition coefficient (Wildman–Crippen LogP) is 20.7. The standard InChI is InChI=1S/C70H88N6O2S4/c1-9-13-17-21-25-29-37-69(38-30-26-22-18-14-10-2)50-43-48-51(42-47(50)57-52(69)41-45(5)61-63(57)73-81-71-61)70(39-31-27-23-19-15-11-3,40-32-28-24-20-16-12-4)53-44-49(62-64(58(48)53)74-82-72-62)54-35-36-56(80-54)66-60-59(67(77)76(66)8)65(75(7)68(60)78)55-34-33-46(6)79-55/h33-36,41-44H,9-32,37-40H2,1-8H3. The number of hydrogen-bond acceptors (Lipinski definition) is 10. The highest BCUT2D eigenvalue weighted by Gasteiger charge is 2.51. The first-order chi connectivity index (χ1) is 40.0. The smallest absolute Gasteiger partial charge is 0.261 e. The van der Waals surface area contributed by atoms with Crippen molar-refractivity contribution in [1.29, 1.82) is 0 Å². The molecule has 3 aromatic carbocycles. The number of benzene rings is 3. The van der Waals surface area contributed by atoms with Crippen LogP contribution in [-0.2, 0) is 20.4 Å². The van der Waals surface area contributed by atoms with Crippen LogP contribution >= 0.6 is 46.1 Å². The number of unbranched alkanes of at least 4 members (excludes halogenated alkanes) is 20. The lowest BCUT2D eigenvalue weighted by Crippen LogP contribution is -2.27. The quantitative estimate of drug-likeness (QED) is 0.0402. The molecule has 4 aliphatic rings. The molecule has 8 nitrogen and oxygen atoms in total. The highest BCUT2D eigenvalue weighted by atomic mass is 32.1. The van der Waals surface area contributed by atoms with Crippen molar-refractivity contribution in [2.75, 3.05) is 14.1 Å². The molecule has 6 heterocycles. The lowest BCUT2D eigenvalue weighted by atomic mass is 9.68. The fourth-order valence-corrected chi connectivity index (χ4v) is 18.3. The largest absolute Gasteiger partial charge is 0.309 e. The van der Waals surface area contributed by atoms with Crippen molar-refractivity contribution in [3.05, 3.63) is 102 Å². The first-order valence-corrected chi connectivity index (χ1v) is 35.1. The summed E-state index contributed by atoms with van der Waals surface area (Å²) in [5.41, 5.74) is 19.9. The fraction of sp³-hybridized carbons (Fsp3) is 0.543. The van der Waals surface area contributed by atoms with E-state index in [2.05, 4.69) is 84.0 Å². The van der Waals surface area contributed by atoms with Crippen molar-refractivity contribution in [2.24, 2.45) is 0 Å². The Morgan fingerprint density at radius 2 is 0.768 bits per heavy atom. The molecule has 2 amide bonds. The zero-order valence-corrected chi connectivity index (χ0v) is 53.8. The van der Waals surface area contributed by atoms with Crippen molar-refractivity contribution < 1.29 is 9.59 Å². The van der Waals surface area contributed by atoms with Crippen LogP contribution in [0.25, 0.3) is 66.2 Å². The molecule has 0 saturated heterocycles. The number of carbonyl (C=O) groups excluding carboxylic acids is 2. The van der Waals surface area contributed by atoms with Gasteiger partial charge >= 0.3 is 0 Å². The molecule has 4 aromatic heterocycles. The van der Waals surface area contributed by atoms with Crippen LogP contribution in [0.4, 0.5) is 0 Å². The van der Waals surface area contributed by atoms with Gasteiger partial charge in [0.05, 0.1) is 55.8 Å². The molecule has 0 fully saturated rings. The van der Waals surface area contributed by atoms with Gasteiger partial charge in [0.25, 0.3) is 11.8 Å². The number of aryl methyl sites for hydroxylation is 2. The number of carbonyl (C=O) groups is 2. The fourth-order valence-electron chi connectivity index (χ4n) is 15.1. The summed E-state index contributed by atoms with van der Waals surface area (Å²) in [4.78, 5) is 36.2. The molecular formula is C70H88N6O2S4. The van der Waals surface area contributed by atoms with Crippen LogP contribution < -0.4 is 0 Å². The Hall–Kier alpha value is -4.88. The Balaban J connectivity index is 1.10. The number of likely N-dealkylation sites (N-methyl/N-ethyl adjacent to an activating group) is 2. The molecule has 12 heteroatoms. The van der Waals surface area contributed by atoms with E-state index in [4.69, 9.17) is 17.5 Å². The zero-order chi connectivity index (χ0) is 57.1. The maximum Gasteiger partial charge on any atom is 0.261 e. The summed E-state index contributed by atoms with van der Waals surface area (Å²) in [6.07, 6.45) is 34.8. The van der Waals surface area contributed by atoms with E-state index in [9.17, 15) is 9.59 Å². The van der Waals surface area contributed by atoms with E-state index >= 15 is 0 Å².